The molecule has 0 bridgehead atoms. The lowest BCUT2D eigenvalue weighted by Gasteiger charge is -2.26. The molecule has 4 rings (SSSR count). The molecule has 2 N–H and O–H groups in total. The van der Waals surface area contributed by atoms with Crippen molar-refractivity contribution in [2.24, 2.45) is 0 Å². The van der Waals surface area contributed by atoms with Crippen LogP contribution in [0.5, 0.6) is 5.75 Å². The number of hydrogen-bond acceptors (Lipinski definition) is 6. The van der Waals surface area contributed by atoms with E-state index in [2.05, 4.69) is 27.7 Å². The Hall–Kier alpha value is -2.41. The van der Waals surface area contributed by atoms with Crippen LogP contribution in [0.2, 0.25) is 0 Å². The highest BCUT2D eigenvalue weighted by molar-refractivity contribution is 5.97. The van der Waals surface area contributed by atoms with E-state index in [-0.39, 0.29) is 11.9 Å². The normalized spacial score (nSPS) is 20.6. The Balaban J connectivity index is 1.41. The number of benzene rings is 1. The number of aromatic nitrogens is 2. The summed E-state index contributed by atoms with van der Waals surface area (Å²) >= 11 is 0. The van der Waals surface area contributed by atoms with E-state index in [4.69, 9.17) is 9.26 Å². The summed E-state index contributed by atoms with van der Waals surface area (Å²) < 4.78 is 11.1. The third-order valence-corrected chi connectivity index (χ3v) is 4.67. The maximum absolute atomic E-state index is 11.8. The van der Waals surface area contributed by atoms with Crippen LogP contribution < -0.4 is 15.4 Å². The van der Waals surface area contributed by atoms with Gasteiger partial charge in [-0.15, -0.1) is 0 Å². The Bertz CT molecular complexity index is 784. The fraction of sp³-hybridized carbons (Fsp3) is 0.500. The highest BCUT2D eigenvalue weighted by Gasteiger charge is 2.29. The summed E-state index contributed by atoms with van der Waals surface area (Å²) in [6.45, 7) is 4.55. The molecule has 0 unspecified atom stereocenters. The summed E-state index contributed by atoms with van der Waals surface area (Å²) in [6, 6.07) is 5.93. The van der Waals surface area contributed by atoms with E-state index in [1.54, 1.807) is 0 Å². The van der Waals surface area contributed by atoms with Gasteiger partial charge >= 0.3 is 0 Å². The number of carbonyl (C=O) groups is 1. The first-order chi connectivity index (χ1) is 12.1. The van der Waals surface area contributed by atoms with Crippen molar-refractivity contribution >= 4 is 11.6 Å². The summed E-state index contributed by atoms with van der Waals surface area (Å²) in [6.07, 6.45) is 2.52. The van der Waals surface area contributed by atoms with Crippen LogP contribution in [0.15, 0.2) is 22.7 Å². The second kappa shape index (κ2) is 6.48. The zero-order valence-corrected chi connectivity index (χ0v) is 14.4. The lowest BCUT2D eigenvalue weighted by Crippen LogP contribution is -2.36. The molecule has 2 aliphatic rings. The van der Waals surface area contributed by atoms with E-state index in [1.807, 2.05) is 25.1 Å². The van der Waals surface area contributed by atoms with Crippen LogP contribution in [-0.2, 0) is 11.3 Å². The highest BCUT2D eigenvalue weighted by Crippen LogP contribution is 2.38. The zero-order chi connectivity index (χ0) is 17.4. The van der Waals surface area contributed by atoms with Gasteiger partial charge in [-0.3, -0.25) is 4.79 Å². The van der Waals surface area contributed by atoms with Crippen LogP contribution in [0.1, 0.15) is 62.3 Å². The number of rotatable bonds is 6. The van der Waals surface area contributed by atoms with Gasteiger partial charge < -0.3 is 19.9 Å². The van der Waals surface area contributed by atoms with Crippen molar-refractivity contribution in [3.8, 4) is 5.75 Å². The molecule has 1 aromatic heterocycles. The van der Waals surface area contributed by atoms with Crippen molar-refractivity contribution in [3.05, 3.63) is 35.5 Å². The highest BCUT2D eigenvalue weighted by atomic mass is 16.5. The molecule has 0 spiro atoms. The summed E-state index contributed by atoms with van der Waals surface area (Å²) in [5.74, 6) is 2.54. The van der Waals surface area contributed by atoms with Crippen molar-refractivity contribution < 1.29 is 14.1 Å². The molecule has 1 saturated carbocycles. The van der Waals surface area contributed by atoms with E-state index in [0.29, 0.717) is 30.5 Å². The number of fused-ring (bicyclic) bond motifs is 1. The molecule has 1 fully saturated rings. The number of hydrogen-bond donors (Lipinski definition) is 2. The third-order valence-electron chi connectivity index (χ3n) is 4.67. The summed E-state index contributed by atoms with van der Waals surface area (Å²) in [4.78, 5) is 16.3. The summed E-state index contributed by atoms with van der Waals surface area (Å²) in [7, 11) is 0. The zero-order valence-electron chi connectivity index (χ0n) is 14.4. The minimum atomic E-state index is -0.425. The van der Waals surface area contributed by atoms with Gasteiger partial charge in [-0.2, -0.15) is 4.98 Å². The lowest BCUT2D eigenvalue weighted by molar-refractivity contribution is -0.123. The first kappa shape index (κ1) is 16.1. The second-order valence-electron chi connectivity index (χ2n) is 6.69. The molecule has 7 nitrogen and oxygen atoms in total. The van der Waals surface area contributed by atoms with Crippen LogP contribution in [0.25, 0.3) is 0 Å². The Morgan fingerprint density at radius 3 is 3.00 bits per heavy atom. The molecular weight excluding hydrogens is 320 g/mol. The monoisotopic (exact) mass is 342 g/mol. The third kappa shape index (κ3) is 3.37. The van der Waals surface area contributed by atoms with Gasteiger partial charge in [-0.1, -0.05) is 18.1 Å². The number of amides is 1. The minimum Gasteiger partial charge on any atom is -0.478 e. The standard InChI is InChI=1S/C18H22N4O3/c1-3-14-17(23)20-13-7-6-12(8-15(13)24-14)10(2)19-9-16-21-18(25-22-16)11-4-5-11/h6-8,10-11,14,19H,3-5,9H2,1-2H3,(H,20,23)/t10-,14+/m0/s1. The Labute approximate surface area is 146 Å². The molecule has 25 heavy (non-hydrogen) atoms. The SMILES string of the molecule is CC[C@H]1Oc2cc([C@H](C)NCc3noc(C4CC4)n3)ccc2NC1=O. The molecule has 0 saturated heterocycles. The molecule has 2 heterocycles. The van der Waals surface area contributed by atoms with Gasteiger partial charge in [0.1, 0.15) is 5.75 Å². The van der Waals surface area contributed by atoms with Crippen molar-refractivity contribution in [3.63, 3.8) is 0 Å². The summed E-state index contributed by atoms with van der Waals surface area (Å²) in [5.41, 5.74) is 1.80. The van der Waals surface area contributed by atoms with E-state index in [9.17, 15) is 4.79 Å². The fourth-order valence-corrected chi connectivity index (χ4v) is 2.90. The smallest absolute Gasteiger partial charge is 0.265 e. The van der Waals surface area contributed by atoms with Crippen LogP contribution in [0.3, 0.4) is 0 Å². The predicted molar refractivity (Wildman–Crippen MR) is 91.3 cm³/mol. The Morgan fingerprint density at radius 2 is 2.24 bits per heavy atom. The maximum atomic E-state index is 11.8. The van der Waals surface area contributed by atoms with Gasteiger partial charge in [0.05, 0.1) is 12.2 Å². The largest absolute Gasteiger partial charge is 0.478 e. The van der Waals surface area contributed by atoms with Crippen molar-refractivity contribution in [1.82, 2.24) is 15.5 Å². The molecular formula is C18H22N4O3. The van der Waals surface area contributed by atoms with Gasteiger partial charge in [0.15, 0.2) is 11.9 Å². The first-order valence-electron chi connectivity index (χ1n) is 8.81. The van der Waals surface area contributed by atoms with Gasteiger partial charge in [0, 0.05) is 12.0 Å². The first-order valence-corrected chi connectivity index (χ1v) is 8.81. The van der Waals surface area contributed by atoms with Gasteiger partial charge in [0.2, 0.25) is 5.89 Å². The second-order valence-corrected chi connectivity index (χ2v) is 6.69. The topological polar surface area (TPSA) is 89.3 Å². The number of carbonyl (C=O) groups excluding carboxylic acids is 1. The average Bonchev–Trinajstić information content (AvgIpc) is 3.37. The van der Waals surface area contributed by atoms with Gasteiger partial charge in [-0.25, -0.2) is 0 Å². The van der Waals surface area contributed by atoms with E-state index >= 15 is 0 Å². The molecule has 1 aliphatic carbocycles. The van der Waals surface area contributed by atoms with E-state index in [0.717, 1.165) is 30.0 Å². The van der Waals surface area contributed by atoms with Crippen LogP contribution in [0, 0.1) is 0 Å². The number of nitrogens with one attached hydrogen (secondary N) is 2. The molecule has 1 aliphatic heterocycles. The quantitative estimate of drug-likeness (QED) is 0.839. The van der Waals surface area contributed by atoms with Crippen LogP contribution in [0.4, 0.5) is 5.69 Å². The van der Waals surface area contributed by atoms with Gasteiger partial charge in [0.25, 0.3) is 5.91 Å². The Kier molecular flexibility index (Phi) is 4.17. The lowest BCUT2D eigenvalue weighted by atomic mass is 10.1. The fourth-order valence-electron chi connectivity index (χ4n) is 2.90. The Morgan fingerprint density at radius 1 is 1.40 bits per heavy atom. The van der Waals surface area contributed by atoms with Gasteiger partial charge in [-0.05, 0) is 43.9 Å². The number of ether oxygens (including phenoxy) is 1. The minimum absolute atomic E-state index is 0.0857. The molecule has 2 atom stereocenters. The molecule has 7 heteroatoms. The van der Waals surface area contributed by atoms with Crippen molar-refractivity contribution in [2.75, 3.05) is 5.32 Å². The molecule has 132 valence electrons. The van der Waals surface area contributed by atoms with E-state index in [1.165, 1.54) is 0 Å². The van der Waals surface area contributed by atoms with E-state index < -0.39 is 6.10 Å². The number of anilines is 1. The number of nitrogens with zero attached hydrogens (tertiary/aromatic N) is 2. The molecule has 1 amide bonds. The average molecular weight is 342 g/mol. The van der Waals surface area contributed by atoms with Crippen molar-refractivity contribution in [1.29, 1.82) is 0 Å². The predicted octanol–water partition coefficient (Wildman–Crippen LogP) is 2.91. The van der Waals surface area contributed by atoms with Crippen LogP contribution >= 0.6 is 0 Å². The van der Waals surface area contributed by atoms with Crippen LogP contribution in [-0.4, -0.2) is 22.2 Å². The maximum Gasteiger partial charge on any atom is 0.265 e. The molecule has 1 aromatic carbocycles. The molecule has 2 aromatic rings. The molecule has 0 radical (unpaired) electrons. The summed E-state index contributed by atoms with van der Waals surface area (Å²) in [5, 5.41) is 10.3. The van der Waals surface area contributed by atoms with Crippen molar-refractivity contribution in [2.45, 2.75) is 57.7 Å².